The average molecular weight is 489 g/mol. The molecule has 0 saturated carbocycles. The van der Waals surface area contributed by atoms with Gasteiger partial charge in [0.15, 0.2) is 17.6 Å². The number of hydrogen-bond donors (Lipinski definition) is 1. The van der Waals surface area contributed by atoms with Crippen molar-refractivity contribution in [1.29, 1.82) is 0 Å². The lowest BCUT2D eigenvalue weighted by Gasteiger charge is -2.34. The fourth-order valence-electron chi connectivity index (χ4n) is 3.44. The minimum absolute atomic E-state index is 0.0580. The number of nitrogens with one attached hydrogen (secondary N) is 1. The lowest BCUT2D eigenvalue weighted by atomic mass is 10.2. The molecule has 10 heteroatoms. The number of halogens is 1. The number of fused-ring (bicyclic) bond motifs is 1. The summed E-state index contributed by atoms with van der Waals surface area (Å²) in [5.74, 6) is 0.734. The van der Waals surface area contributed by atoms with Crippen LogP contribution in [0.25, 0.3) is 0 Å². The summed E-state index contributed by atoms with van der Waals surface area (Å²) in [6.07, 6.45) is -1.09. The Morgan fingerprint density at radius 1 is 1.03 bits per heavy atom. The van der Waals surface area contributed by atoms with E-state index < -0.39 is 22.0 Å². The molecule has 1 aliphatic heterocycles. The highest BCUT2D eigenvalue weighted by Gasteiger charge is 2.37. The van der Waals surface area contributed by atoms with E-state index in [2.05, 4.69) is 5.32 Å². The van der Waals surface area contributed by atoms with Crippen LogP contribution < -0.4 is 23.8 Å². The van der Waals surface area contributed by atoms with E-state index in [9.17, 15) is 13.2 Å². The molecule has 1 heterocycles. The van der Waals surface area contributed by atoms with Crippen molar-refractivity contribution in [3.63, 3.8) is 0 Å². The van der Waals surface area contributed by atoms with Crippen LogP contribution in [-0.4, -0.2) is 41.2 Å². The predicted octanol–water partition coefficient (Wildman–Crippen LogP) is 3.95. The maximum Gasteiger partial charge on any atom is 0.267 e. The van der Waals surface area contributed by atoms with Crippen molar-refractivity contribution in [3.8, 4) is 17.2 Å². The fourth-order valence-corrected chi connectivity index (χ4v) is 5.04. The van der Waals surface area contributed by atoms with Gasteiger partial charge in [0.2, 0.25) is 0 Å². The van der Waals surface area contributed by atoms with E-state index >= 15 is 0 Å². The Balaban J connectivity index is 1.63. The van der Waals surface area contributed by atoms with Crippen molar-refractivity contribution in [2.45, 2.75) is 11.0 Å². The first kappa shape index (κ1) is 22.8. The number of para-hydroxylation sites is 2. The van der Waals surface area contributed by atoms with E-state index in [4.69, 9.17) is 25.8 Å². The molecule has 33 heavy (non-hydrogen) atoms. The summed E-state index contributed by atoms with van der Waals surface area (Å²) >= 11 is 5.91. The highest BCUT2D eigenvalue weighted by atomic mass is 35.5. The van der Waals surface area contributed by atoms with E-state index in [1.54, 1.807) is 42.5 Å². The summed E-state index contributed by atoms with van der Waals surface area (Å²) < 4.78 is 44.3. The van der Waals surface area contributed by atoms with Gasteiger partial charge in [-0.2, -0.15) is 0 Å². The second-order valence-electron chi connectivity index (χ2n) is 7.12. The van der Waals surface area contributed by atoms with Gasteiger partial charge in [0.1, 0.15) is 5.75 Å². The Labute approximate surface area is 196 Å². The molecule has 4 rings (SSSR count). The van der Waals surface area contributed by atoms with E-state index in [0.29, 0.717) is 27.9 Å². The van der Waals surface area contributed by atoms with Crippen molar-refractivity contribution in [2.75, 3.05) is 30.4 Å². The number of anilines is 2. The highest BCUT2D eigenvalue weighted by Crippen LogP contribution is 2.37. The number of carbonyl (C=O) groups excluding carboxylic acids is 1. The molecule has 1 N–H and O–H groups in total. The summed E-state index contributed by atoms with van der Waals surface area (Å²) in [6.45, 7) is -0.207. The van der Waals surface area contributed by atoms with Crippen LogP contribution in [-0.2, 0) is 14.8 Å². The van der Waals surface area contributed by atoms with Gasteiger partial charge < -0.3 is 19.5 Å². The molecule has 0 aromatic heterocycles. The lowest BCUT2D eigenvalue weighted by molar-refractivity contribution is -0.122. The molecule has 1 atom stereocenters. The molecule has 0 fully saturated rings. The molecule has 1 amide bonds. The number of ether oxygens (including phenoxy) is 3. The number of hydrogen-bond acceptors (Lipinski definition) is 6. The molecule has 8 nitrogen and oxygen atoms in total. The van der Waals surface area contributed by atoms with Crippen molar-refractivity contribution >= 4 is 38.9 Å². The molecule has 3 aromatic rings. The number of benzene rings is 3. The number of amides is 1. The number of rotatable bonds is 6. The number of nitrogens with zero attached hydrogens (tertiary/aromatic N) is 1. The van der Waals surface area contributed by atoms with Gasteiger partial charge in [-0.1, -0.05) is 23.7 Å². The minimum Gasteiger partial charge on any atom is -0.493 e. The van der Waals surface area contributed by atoms with Crippen LogP contribution >= 0.6 is 11.6 Å². The molecule has 0 saturated heterocycles. The monoisotopic (exact) mass is 488 g/mol. The molecular weight excluding hydrogens is 468 g/mol. The molecule has 172 valence electrons. The highest BCUT2D eigenvalue weighted by molar-refractivity contribution is 7.92. The Hall–Kier alpha value is -3.43. The molecule has 1 aliphatic rings. The van der Waals surface area contributed by atoms with Gasteiger partial charge in [-0.3, -0.25) is 9.10 Å². The van der Waals surface area contributed by atoms with Crippen LogP contribution in [0.4, 0.5) is 11.4 Å². The third-order valence-electron chi connectivity index (χ3n) is 5.08. The van der Waals surface area contributed by atoms with E-state index in [0.717, 1.165) is 0 Å². The number of sulfonamides is 1. The topological polar surface area (TPSA) is 94.2 Å². The number of carbonyl (C=O) groups is 1. The number of methoxy groups -OCH3 is 2. The second-order valence-corrected chi connectivity index (χ2v) is 9.42. The Morgan fingerprint density at radius 2 is 1.73 bits per heavy atom. The summed E-state index contributed by atoms with van der Waals surface area (Å²) in [4.78, 5) is 13.1. The zero-order valence-corrected chi connectivity index (χ0v) is 19.4. The van der Waals surface area contributed by atoms with Crippen LogP contribution in [0.2, 0.25) is 5.02 Å². The SMILES string of the molecule is COc1ccc(NC(=O)[C@@H]2CN(S(=O)(=O)c3ccc(Cl)cc3)c3ccccc3O2)cc1OC. The normalized spacial score (nSPS) is 15.2. The van der Waals surface area contributed by atoms with Crippen LogP contribution in [0.3, 0.4) is 0 Å². The summed E-state index contributed by atoms with van der Waals surface area (Å²) in [5, 5.41) is 3.17. The van der Waals surface area contributed by atoms with Gasteiger partial charge in [-0.15, -0.1) is 0 Å². The molecule has 0 unspecified atom stereocenters. The maximum absolute atomic E-state index is 13.4. The van der Waals surface area contributed by atoms with Gasteiger partial charge in [-0.25, -0.2) is 8.42 Å². The van der Waals surface area contributed by atoms with Gasteiger partial charge in [0.25, 0.3) is 15.9 Å². The zero-order chi connectivity index (χ0) is 23.6. The molecule has 0 spiro atoms. The predicted molar refractivity (Wildman–Crippen MR) is 125 cm³/mol. The first-order chi connectivity index (χ1) is 15.8. The van der Waals surface area contributed by atoms with Crippen molar-refractivity contribution in [3.05, 3.63) is 71.8 Å². The van der Waals surface area contributed by atoms with Crippen molar-refractivity contribution < 1.29 is 27.4 Å². The molecule has 0 bridgehead atoms. The Morgan fingerprint density at radius 3 is 2.42 bits per heavy atom. The van der Waals surface area contributed by atoms with Gasteiger partial charge in [0.05, 0.1) is 31.3 Å². The average Bonchev–Trinajstić information content (AvgIpc) is 2.83. The summed E-state index contributed by atoms with van der Waals surface area (Å²) in [6, 6.07) is 17.4. The van der Waals surface area contributed by atoms with E-state index in [-0.39, 0.29) is 17.2 Å². The van der Waals surface area contributed by atoms with Crippen LogP contribution in [0, 0.1) is 0 Å². The Bertz CT molecular complexity index is 1280. The van der Waals surface area contributed by atoms with Gasteiger partial charge in [-0.05, 0) is 48.5 Å². The minimum atomic E-state index is -3.97. The van der Waals surface area contributed by atoms with Crippen LogP contribution in [0.1, 0.15) is 0 Å². The third-order valence-corrected chi connectivity index (χ3v) is 7.13. The second kappa shape index (κ2) is 9.21. The van der Waals surface area contributed by atoms with Crippen LogP contribution in [0.5, 0.6) is 17.2 Å². The van der Waals surface area contributed by atoms with Crippen LogP contribution in [0.15, 0.2) is 71.6 Å². The smallest absolute Gasteiger partial charge is 0.267 e. The quantitative estimate of drug-likeness (QED) is 0.564. The first-order valence-corrected chi connectivity index (χ1v) is 11.7. The Kier molecular flexibility index (Phi) is 6.35. The molecule has 3 aromatic carbocycles. The standard InChI is InChI=1S/C23H21ClN2O6S/c1-30-20-12-9-16(13-21(20)31-2)25-23(27)22-14-26(18-5-3-4-6-19(18)32-22)33(28,29)17-10-7-15(24)8-11-17/h3-13,22H,14H2,1-2H3,(H,25,27)/t22-/m0/s1. The summed E-state index contributed by atoms with van der Waals surface area (Å²) in [7, 11) is -0.970. The van der Waals surface area contributed by atoms with Gasteiger partial charge in [0, 0.05) is 16.8 Å². The van der Waals surface area contributed by atoms with Crippen molar-refractivity contribution in [2.24, 2.45) is 0 Å². The first-order valence-electron chi connectivity index (χ1n) is 9.90. The molecule has 0 radical (unpaired) electrons. The van der Waals surface area contributed by atoms with E-state index in [1.165, 1.54) is 42.8 Å². The van der Waals surface area contributed by atoms with E-state index in [1.807, 2.05) is 0 Å². The summed E-state index contributed by atoms with van der Waals surface area (Å²) in [5.41, 5.74) is 0.801. The zero-order valence-electron chi connectivity index (χ0n) is 17.8. The molecule has 0 aliphatic carbocycles. The largest absolute Gasteiger partial charge is 0.493 e. The van der Waals surface area contributed by atoms with Gasteiger partial charge >= 0.3 is 0 Å². The maximum atomic E-state index is 13.4. The lowest BCUT2D eigenvalue weighted by Crippen LogP contribution is -2.48. The molecular formula is C23H21ClN2O6S. The fraction of sp³-hybridized carbons (Fsp3) is 0.174. The third kappa shape index (κ3) is 4.55. The van der Waals surface area contributed by atoms with Crippen molar-refractivity contribution in [1.82, 2.24) is 0 Å².